The van der Waals surface area contributed by atoms with Crippen LogP contribution in [0.15, 0.2) is 18.2 Å². The fraction of sp³-hybridized carbons (Fsp3) is 0.571. The van der Waals surface area contributed by atoms with Crippen molar-refractivity contribution in [3.05, 3.63) is 29.6 Å². The van der Waals surface area contributed by atoms with E-state index < -0.39 is 0 Å². The monoisotopic (exact) mass is 267 g/mol. The maximum atomic E-state index is 13.4. The Labute approximate surface area is 113 Å². The molecule has 0 amide bonds. The average molecular weight is 267 g/mol. The van der Waals surface area contributed by atoms with Gasteiger partial charge >= 0.3 is 0 Å². The van der Waals surface area contributed by atoms with E-state index in [1.165, 1.54) is 12.1 Å². The van der Waals surface area contributed by atoms with E-state index >= 15 is 0 Å². The van der Waals surface area contributed by atoms with Crippen molar-refractivity contribution in [1.29, 1.82) is 0 Å². The summed E-state index contributed by atoms with van der Waals surface area (Å²) in [4.78, 5) is 2.32. The van der Waals surface area contributed by atoms with Crippen molar-refractivity contribution in [2.45, 2.75) is 19.0 Å². The van der Waals surface area contributed by atoms with Crippen molar-refractivity contribution in [2.24, 2.45) is 5.73 Å². The maximum Gasteiger partial charge on any atom is 0.123 e. The maximum absolute atomic E-state index is 13.4. The number of methoxy groups -OCH3 is 1. The fourth-order valence-electron chi connectivity index (χ4n) is 2.54. The van der Waals surface area contributed by atoms with Crippen LogP contribution in [0.3, 0.4) is 0 Å². The van der Waals surface area contributed by atoms with Gasteiger partial charge in [-0.2, -0.15) is 0 Å². The molecule has 2 unspecified atom stereocenters. The lowest BCUT2D eigenvalue weighted by Gasteiger charge is -2.36. The molecule has 0 saturated carbocycles. The van der Waals surface area contributed by atoms with Crippen molar-refractivity contribution in [2.75, 3.05) is 33.3 Å². The summed E-state index contributed by atoms with van der Waals surface area (Å²) in [6.45, 7) is 5.95. The highest BCUT2D eigenvalue weighted by molar-refractivity contribution is 5.37. The Morgan fingerprint density at radius 1 is 1.37 bits per heavy atom. The number of halogens is 1. The average Bonchev–Trinajstić information content (AvgIpc) is 2.46. The van der Waals surface area contributed by atoms with Gasteiger partial charge in [-0.15, -0.1) is 0 Å². The smallest absolute Gasteiger partial charge is 0.123 e. The summed E-state index contributed by atoms with van der Waals surface area (Å²) in [5, 5.41) is 3.31. The molecular formula is C14H22FN3O. The number of hydrogen-bond acceptors (Lipinski definition) is 4. The molecular weight excluding hydrogens is 245 g/mol. The molecule has 1 fully saturated rings. The van der Waals surface area contributed by atoms with Gasteiger partial charge in [0.1, 0.15) is 11.6 Å². The highest BCUT2D eigenvalue weighted by atomic mass is 19.1. The molecule has 1 aromatic rings. The summed E-state index contributed by atoms with van der Waals surface area (Å²) in [5.41, 5.74) is 7.04. The van der Waals surface area contributed by atoms with Crippen molar-refractivity contribution < 1.29 is 9.13 Å². The van der Waals surface area contributed by atoms with E-state index in [-0.39, 0.29) is 17.9 Å². The van der Waals surface area contributed by atoms with Gasteiger partial charge in [0.15, 0.2) is 0 Å². The summed E-state index contributed by atoms with van der Waals surface area (Å²) in [6, 6.07) is 4.39. The number of hydrogen-bond donors (Lipinski definition) is 2. The standard InChI is InChI=1S/C14H22FN3O/c1-10(18-7-5-17-6-8-18)14(16)12-9-11(15)3-4-13(12)19-2/h3-4,9-10,14,17H,5-8,16H2,1-2H3. The first-order valence-electron chi connectivity index (χ1n) is 6.67. The lowest BCUT2D eigenvalue weighted by molar-refractivity contribution is 0.162. The first kappa shape index (κ1) is 14.2. The number of nitrogens with two attached hydrogens (primary N) is 1. The molecule has 1 aromatic carbocycles. The zero-order valence-corrected chi connectivity index (χ0v) is 11.5. The van der Waals surface area contributed by atoms with Crippen molar-refractivity contribution in [3.63, 3.8) is 0 Å². The van der Waals surface area contributed by atoms with Gasteiger partial charge in [-0.3, -0.25) is 4.90 Å². The van der Waals surface area contributed by atoms with Crippen LogP contribution in [-0.4, -0.2) is 44.2 Å². The number of rotatable bonds is 4. The Balaban J connectivity index is 2.17. The molecule has 0 bridgehead atoms. The van der Waals surface area contributed by atoms with Gasteiger partial charge in [0.2, 0.25) is 0 Å². The third kappa shape index (κ3) is 3.23. The third-order valence-corrected chi connectivity index (χ3v) is 3.80. The topological polar surface area (TPSA) is 50.5 Å². The fourth-order valence-corrected chi connectivity index (χ4v) is 2.54. The van der Waals surface area contributed by atoms with Gasteiger partial charge in [0.25, 0.3) is 0 Å². The van der Waals surface area contributed by atoms with Gasteiger partial charge in [0, 0.05) is 43.8 Å². The summed E-state index contributed by atoms with van der Waals surface area (Å²) in [6.07, 6.45) is 0. The molecule has 1 aliphatic rings. The number of ether oxygens (including phenoxy) is 1. The molecule has 1 saturated heterocycles. The highest BCUT2D eigenvalue weighted by Gasteiger charge is 2.25. The van der Waals surface area contributed by atoms with E-state index in [4.69, 9.17) is 10.5 Å². The molecule has 2 atom stereocenters. The molecule has 0 spiro atoms. The van der Waals surface area contributed by atoms with Gasteiger partial charge < -0.3 is 15.8 Å². The number of nitrogens with zero attached hydrogens (tertiary/aromatic N) is 1. The Morgan fingerprint density at radius 2 is 2.05 bits per heavy atom. The number of nitrogens with one attached hydrogen (secondary N) is 1. The zero-order valence-electron chi connectivity index (χ0n) is 11.5. The molecule has 0 aromatic heterocycles. The minimum absolute atomic E-state index is 0.151. The quantitative estimate of drug-likeness (QED) is 0.858. The predicted octanol–water partition coefficient (Wildman–Crippen LogP) is 1.13. The van der Waals surface area contributed by atoms with Crippen molar-refractivity contribution in [3.8, 4) is 5.75 Å². The largest absolute Gasteiger partial charge is 0.496 e. The van der Waals surface area contributed by atoms with Crippen LogP contribution >= 0.6 is 0 Å². The Morgan fingerprint density at radius 3 is 2.68 bits per heavy atom. The second kappa shape index (κ2) is 6.32. The normalized spacial score (nSPS) is 20.0. The molecule has 0 radical (unpaired) electrons. The molecule has 106 valence electrons. The number of piperazine rings is 1. The van der Waals surface area contributed by atoms with Crippen LogP contribution in [0.5, 0.6) is 5.75 Å². The van der Waals surface area contributed by atoms with E-state index in [0.717, 1.165) is 31.7 Å². The Hall–Kier alpha value is -1.17. The Bertz CT molecular complexity index is 421. The lowest BCUT2D eigenvalue weighted by atomic mass is 9.98. The SMILES string of the molecule is COc1ccc(F)cc1C(N)C(C)N1CCNCC1. The molecule has 4 nitrogen and oxygen atoms in total. The second-order valence-electron chi connectivity index (χ2n) is 4.94. The van der Waals surface area contributed by atoms with Crippen molar-refractivity contribution in [1.82, 2.24) is 10.2 Å². The lowest BCUT2D eigenvalue weighted by Crippen LogP contribution is -2.50. The molecule has 3 N–H and O–H groups in total. The van der Waals surface area contributed by atoms with Crippen LogP contribution < -0.4 is 15.8 Å². The van der Waals surface area contributed by atoms with Crippen LogP contribution in [-0.2, 0) is 0 Å². The van der Waals surface area contributed by atoms with Crippen LogP contribution in [0.1, 0.15) is 18.5 Å². The van der Waals surface area contributed by atoms with Crippen molar-refractivity contribution >= 4 is 0 Å². The minimum atomic E-state index is -0.279. The van der Waals surface area contributed by atoms with Crippen LogP contribution in [0, 0.1) is 5.82 Å². The predicted molar refractivity (Wildman–Crippen MR) is 73.8 cm³/mol. The first-order valence-corrected chi connectivity index (χ1v) is 6.67. The number of benzene rings is 1. The minimum Gasteiger partial charge on any atom is -0.496 e. The summed E-state index contributed by atoms with van der Waals surface area (Å²) in [5.74, 6) is 0.370. The van der Waals surface area contributed by atoms with E-state index in [0.29, 0.717) is 5.75 Å². The zero-order chi connectivity index (χ0) is 13.8. The van der Waals surface area contributed by atoms with Crippen LogP contribution in [0.25, 0.3) is 0 Å². The van der Waals surface area contributed by atoms with E-state index in [2.05, 4.69) is 17.1 Å². The van der Waals surface area contributed by atoms with E-state index in [9.17, 15) is 4.39 Å². The van der Waals surface area contributed by atoms with Gasteiger partial charge in [0.05, 0.1) is 7.11 Å². The highest BCUT2D eigenvalue weighted by Crippen LogP contribution is 2.28. The second-order valence-corrected chi connectivity index (χ2v) is 4.94. The first-order chi connectivity index (χ1) is 9.13. The summed E-state index contributed by atoms with van der Waals surface area (Å²) >= 11 is 0. The van der Waals surface area contributed by atoms with Crippen LogP contribution in [0.4, 0.5) is 4.39 Å². The van der Waals surface area contributed by atoms with Crippen LogP contribution in [0.2, 0.25) is 0 Å². The molecule has 0 aliphatic carbocycles. The van der Waals surface area contributed by atoms with Gasteiger partial charge in [-0.05, 0) is 25.1 Å². The molecule has 19 heavy (non-hydrogen) atoms. The van der Waals surface area contributed by atoms with E-state index in [1.807, 2.05) is 0 Å². The summed E-state index contributed by atoms with van der Waals surface area (Å²) < 4.78 is 18.7. The van der Waals surface area contributed by atoms with E-state index in [1.54, 1.807) is 13.2 Å². The molecule has 5 heteroatoms. The van der Waals surface area contributed by atoms with Gasteiger partial charge in [-0.1, -0.05) is 0 Å². The molecule has 1 aliphatic heterocycles. The Kier molecular flexibility index (Phi) is 4.74. The summed E-state index contributed by atoms with van der Waals surface area (Å²) in [7, 11) is 1.58. The molecule has 1 heterocycles. The molecule has 2 rings (SSSR count). The third-order valence-electron chi connectivity index (χ3n) is 3.80. The van der Waals surface area contributed by atoms with Gasteiger partial charge in [-0.25, -0.2) is 4.39 Å².